The monoisotopic (exact) mass is 496 g/mol. The Labute approximate surface area is 205 Å². The molecule has 1 heterocycles. The molecule has 0 bridgehead atoms. The van der Waals surface area contributed by atoms with E-state index in [0.717, 1.165) is 16.9 Å². The lowest BCUT2D eigenvalue weighted by Gasteiger charge is -2.34. The first-order chi connectivity index (χ1) is 16.8. The van der Waals surface area contributed by atoms with Gasteiger partial charge in [-0.25, -0.2) is 8.42 Å². The van der Waals surface area contributed by atoms with Crippen molar-refractivity contribution in [3.8, 4) is 17.2 Å². The Morgan fingerprint density at radius 1 is 1.03 bits per heavy atom. The highest BCUT2D eigenvalue weighted by Gasteiger charge is 2.37. The number of aryl methyl sites for hydroxylation is 2. The molecule has 0 saturated carbocycles. The van der Waals surface area contributed by atoms with Gasteiger partial charge in [0.15, 0.2) is 6.10 Å². The van der Waals surface area contributed by atoms with Gasteiger partial charge in [-0.15, -0.1) is 0 Å². The number of nitrogens with one attached hydrogen (secondary N) is 1. The van der Waals surface area contributed by atoms with Crippen LogP contribution in [-0.2, 0) is 14.8 Å². The zero-order chi connectivity index (χ0) is 25.0. The first kappa shape index (κ1) is 24.4. The molecule has 0 fully saturated rings. The summed E-state index contributed by atoms with van der Waals surface area (Å²) in [6.07, 6.45) is -1.01. The van der Waals surface area contributed by atoms with Crippen molar-refractivity contribution in [1.29, 1.82) is 0 Å². The van der Waals surface area contributed by atoms with E-state index in [2.05, 4.69) is 11.4 Å². The minimum atomic E-state index is -3.94. The number of nitrogens with zero attached hydrogens (tertiary/aromatic N) is 1. The molecule has 1 aliphatic rings. The third kappa shape index (κ3) is 5.51. The smallest absolute Gasteiger partial charge is 0.264 e. The first-order valence-corrected chi connectivity index (χ1v) is 12.6. The van der Waals surface area contributed by atoms with Gasteiger partial charge < -0.3 is 19.5 Å². The van der Waals surface area contributed by atoms with Gasteiger partial charge in [-0.3, -0.25) is 9.10 Å². The van der Waals surface area contributed by atoms with Crippen LogP contribution in [0.1, 0.15) is 11.1 Å². The molecule has 184 valence electrons. The van der Waals surface area contributed by atoms with Gasteiger partial charge in [0.25, 0.3) is 15.9 Å². The first-order valence-electron chi connectivity index (χ1n) is 11.2. The van der Waals surface area contributed by atoms with Gasteiger partial charge in [0.1, 0.15) is 23.9 Å². The molecule has 0 radical (unpaired) electrons. The number of benzene rings is 3. The maximum atomic E-state index is 13.5. The maximum absolute atomic E-state index is 13.5. The number of methoxy groups -OCH3 is 1. The van der Waals surface area contributed by atoms with Gasteiger partial charge in [0.05, 0.1) is 30.8 Å². The normalized spacial score (nSPS) is 15.1. The van der Waals surface area contributed by atoms with Crippen LogP contribution < -0.4 is 23.8 Å². The molecule has 35 heavy (non-hydrogen) atoms. The van der Waals surface area contributed by atoms with E-state index in [1.165, 1.54) is 23.5 Å². The van der Waals surface area contributed by atoms with E-state index in [0.29, 0.717) is 17.2 Å². The molecular formula is C26H28N2O6S. The Kier molecular flexibility index (Phi) is 7.16. The molecule has 0 unspecified atom stereocenters. The Balaban J connectivity index is 1.46. The van der Waals surface area contributed by atoms with Gasteiger partial charge in [-0.1, -0.05) is 18.2 Å². The van der Waals surface area contributed by atoms with Gasteiger partial charge >= 0.3 is 0 Å². The average molecular weight is 497 g/mol. The van der Waals surface area contributed by atoms with Gasteiger partial charge in [0, 0.05) is 0 Å². The summed E-state index contributed by atoms with van der Waals surface area (Å²) in [5.41, 5.74) is 2.57. The zero-order valence-electron chi connectivity index (χ0n) is 19.9. The number of ether oxygens (including phenoxy) is 3. The van der Waals surface area contributed by atoms with Crippen LogP contribution in [0.25, 0.3) is 0 Å². The quantitative estimate of drug-likeness (QED) is 0.480. The second kappa shape index (κ2) is 10.3. The second-order valence-corrected chi connectivity index (χ2v) is 10.1. The van der Waals surface area contributed by atoms with Crippen molar-refractivity contribution < 1.29 is 27.4 Å². The summed E-state index contributed by atoms with van der Waals surface area (Å²) in [7, 11) is -2.43. The van der Waals surface area contributed by atoms with Gasteiger partial charge in [0.2, 0.25) is 0 Å². The number of para-hydroxylation sites is 2. The van der Waals surface area contributed by atoms with Crippen LogP contribution in [-0.4, -0.2) is 47.2 Å². The summed E-state index contributed by atoms with van der Waals surface area (Å²) in [4.78, 5) is 13.0. The van der Waals surface area contributed by atoms with Crippen LogP contribution in [0, 0.1) is 13.8 Å². The van der Waals surface area contributed by atoms with Crippen LogP contribution >= 0.6 is 0 Å². The van der Waals surface area contributed by atoms with E-state index in [4.69, 9.17) is 14.2 Å². The van der Waals surface area contributed by atoms with Crippen molar-refractivity contribution in [2.24, 2.45) is 0 Å². The SMILES string of the molecule is COc1ccc(S(=O)(=O)N2C[C@@H](C(=O)NCCOc3cc(C)cc(C)c3)Oc3ccccc32)cc1. The number of hydrogen-bond acceptors (Lipinski definition) is 6. The van der Waals surface area contributed by atoms with E-state index in [-0.39, 0.29) is 24.6 Å². The van der Waals surface area contributed by atoms with E-state index < -0.39 is 22.0 Å². The highest BCUT2D eigenvalue weighted by atomic mass is 32.2. The minimum Gasteiger partial charge on any atom is -0.497 e. The number of amides is 1. The fraction of sp³-hybridized carbons (Fsp3) is 0.269. The summed E-state index contributed by atoms with van der Waals surface area (Å²) >= 11 is 0. The zero-order valence-corrected chi connectivity index (χ0v) is 20.7. The predicted molar refractivity (Wildman–Crippen MR) is 133 cm³/mol. The standard InChI is InChI=1S/C26H28N2O6S/c1-18-14-19(2)16-21(15-18)33-13-12-27-26(29)25-17-28(23-6-4-5-7-24(23)34-25)35(30,31)22-10-8-20(32-3)9-11-22/h4-11,14-16,25H,12-13,17H2,1-3H3,(H,27,29)/t25-/m0/s1. The lowest BCUT2D eigenvalue weighted by atomic mass is 10.1. The van der Waals surface area contributed by atoms with E-state index in [9.17, 15) is 13.2 Å². The lowest BCUT2D eigenvalue weighted by Crippen LogP contribution is -2.51. The minimum absolute atomic E-state index is 0.0935. The molecule has 0 aromatic heterocycles. The third-order valence-corrected chi connectivity index (χ3v) is 7.33. The number of hydrogen-bond donors (Lipinski definition) is 1. The third-order valence-electron chi connectivity index (χ3n) is 5.54. The lowest BCUT2D eigenvalue weighted by molar-refractivity contribution is -0.127. The molecule has 1 N–H and O–H groups in total. The van der Waals surface area contributed by atoms with Crippen LogP contribution in [0.3, 0.4) is 0 Å². The van der Waals surface area contributed by atoms with Gasteiger partial charge in [-0.2, -0.15) is 0 Å². The highest BCUT2D eigenvalue weighted by Crippen LogP contribution is 2.37. The van der Waals surface area contributed by atoms with Crippen LogP contribution in [0.2, 0.25) is 0 Å². The molecule has 1 aliphatic heterocycles. The van der Waals surface area contributed by atoms with Gasteiger partial charge in [-0.05, 0) is 73.5 Å². The topological polar surface area (TPSA) is 94.2 Å². The Morgan fingerprint density at radius 3 is 2.40 bits per heavy atom. The maximum Gasteiger partial charge on any atom is 0.264 e. The summed E-state index contributed by atoms with van der Waals surface area (Å²) in [6, 6.07) is 18.8. The molecule has 9 heteroatoms. The van der Waals surface area contributed by atoms with E-state index in [1.54, 1.807) is 36.4 Å². The van der Waals surface area contributed by atoms with Crippen LogP contribution in [0.15, 0.2) is 71.6 Å². The summed E-state index contributed by atoms with van der Waals surface area (Å²) in [5, 5.41) is 2.78. The van der Waals surface area contributed by atoms with Crippen LogP contribution in [0.5, 0.6) is 17.2 Å². The molecule has 8 nitrogen and oxygen atoms in total. The van der Waals surface area contributed by atoms with Crippen molar-refractivity contribution in [3.63, 3.8) is 0 Å². The fourth-order valence-electron chi connectivity index (χ4n) is 3.91. The number of carbonyl (C=O) groups is 1. The van der Waals surface area contributed by atoms with Crippen molar-refractivity contribution in [2.75, 3.05) is 31.1 Å². The number of carbonyl (C=O) groups excluding carboxylic acids is 1. The number of sulfonamides is 1. The molecule has 4 rings (SSSR count). The summed E-state index contributed by atoms with van der Waals surface area (Å²) in [6.45, 7) is 4.34. The molecule has 0 spiro atoms. The van der Waals surface area contributed by atoms with Crippen LogP contribution in [0.4, 0.5) is 5.69 Å². The molecule has 0 aliphatic carbocycles. The molecule has 3 aromatic rings. The van der Waals surface area contributed by atoms with Crippen molar-refractivity contribution in [1.82, 2.24) is 5.32 Å². The highest BCUT2D eigenvalue weighted by molar-refractivity contribution is 7.92. The molecule has 1 atom stereocenters. The second-order valence-electron chi connectivity index (χ2n) is 8.25. The Hall–Kier alpha value is -3.72. The molecule has 0 saturated heterocycles. The largest absolute Gasteiger partial charge is 0.497 e. The predicted octanol–water partition coefficient (Wildman–Crippen LogP) is 3.46. The van der Waals surface area contributed by atoms with E-state index in [1.807, 2.05) is 26.0 Å². The number of rotatable bonds is 8. The molecule has 1 amide bonds. The Morgan fingerprint density at radius 2 is 1.71 bits per heavy atom. The average Bonchev–Trinajstić information content (AvgIpc) is 2.85. The van der Waals surface area contributed by atoms with Crippen molar-refractivity contribution in [2.45, 2.75) is 24.8 Å². The van der Waals surface area contributed by atoms with E-state index >= 15 is 0 Å². The number of fused-ring (bicyclic) bond motifs is 1. The molecular weight excluding hydrogens is 468 g/mol. The molecule has 3 aromatic carbocycles. The summed E-state index contributed by atoms with van der Waals surface area (Å²) in [5.74, 6) is 1.18. The number of anilines is 1. The Bertz CT molecular complexity index is 1290. The summed E-state index contributed by atoms with van der Waals surface area (Å²) < 4.78 is 44.9. The van der Waals surface area contributed by atoms with Crippen molar-refractivity contribution in [3.05, 3.63) is 77.9 Å². The van der Waals surface area contributed by atoms with Crippen molar-refractivity contribution >= 4 is 21.6 Å². The fourth-order valence-corrected chi connectivity index (χ4v) is 5.39.